The van der Waals surface area contributed by atoms with Crippen molar-refractivity contribution in [2.24, 2.45) is 0 Å². The molecule has 1 unspecified atom stereocenters. The third-order valence-electron chi connectivity index (χ3n) is 5.29. The van der Waals surface area contributed by atoms with Gasteiger partial charge < -0.3 is 9.31 Å². The zero-order chi connectivity index (χ0) is 17.6. The molecular formula is C20H24BFO2. The Balaban J connectivity index is 1.85. The van der Waals surface area contributed by atoms with Gasteiger partial charge in [-0.05, 0) is 51.2 Å². The van der Waals surface area contributed by atoms with Crippen molar-refractivity contribution < 1.29 is 13.7 Å². The average molecular weight is 326 g/mol. The molecule has 0 amide bonds. The lowest BCUT2D eigenvalue weighted by Crippen LogP contribution is -2.41. The maximum atomic E-state index is 15.2. The van der Waals surface area contributed by atoms with Crippen LogP contribution in [0, 0.1) is 0 Å². The van der Waals surface area contributed by atoms with Crippen LogP contribution in [0.4, 0.5) is 4.39 Å². The maximum Gasteiger partial charge on any atom is 0.494 e. The Morgan fingerprint density at radius 2 is 1.25 bits per heavy atom. The zero-order valence-electron chi connectivity index (χ0n) is 15.0. The van der Waals surface area contributed by atoms with E-state index >= 15 is 4.39 Å². The summed E-state index contributed by atoms with van der Waals surface area (Å²) in [5.41, 5.74) is -0.122. The summed E-state index contributed by atoms with van der Waals surface area (Å²) in [6.45, 7) is 9.68. The molecule has 1 aliphatic heterocycles. The fourth-order valence-corrected chi connectivity index (χ4v) is 2.85. The monoisotopic (exact) mass is 326 g/mol. The van der Waals surface area contributed by atoms with E-state index < -0.39 is 12.8 Å². The molecule has 3 rings (SSSR count). The van der Waals surface area contributed by atoms with Crippen LogP contribution in [0.5, 0.6) is 0 Å². The van der Waals surface area contributed by atoms with Crippen molar-refractivity contribution in [1.82, 2.24) is 0 Å². The van der Waals surface area contributed by atoms with E-state index in [-0.39, 0.29) is 11.2 Å². The number of hydrogen-bond donors (Lipinski definition) is 0. The molecular weight excluding hydrogens is 302 g/mol. The van der Waals surface area contributed by atoms with E-state index in [9.17, 15) is 0 Å². The van der Waals surface area contributed by atoms with E-state index in [0.717, 1.165) is 5.46 Å². The van der Waals surface area contributed by atoms with Gasteiger partial charge in [0, 0.05) is 0 Å². The minimum Gasteiger partial charge on any atom is -0.399 e. The molecule has 0 spiro atoms. The van der Waals surface area contributed by atoms with Gasteiger partial charge in [-0.3, -0.25) is 0 Å². The molecule has 0 bridgehead atoms. The summed E-state index contributed by atoms with van der Waals surface area (Å²) in [5.74, 6) is 0. The number of halogens is 1. The van der Waals surface area contributed by atoms with E-state index in [4.69, 9.17) is 9.31 Å². The molecule has 1 fully saturated rings. The minimum atomic E-state index is -1.53. The molecule has 1 heterocycles. The van der Waals surface area contributed by atoms with Gasteiger partial charge in [-0.25, -0.2) is 4.39 Å². The SMILES string of the molecule is CC(F)(c1ccccc1)c1ccc(B2OC(C)(C)C(C)(C)O2)cc1. The predicted molar refractivity (Wildman–Crippen MR) is 96.2 cm³/mol. The van der Waals surface area contributed by atoms with Crippen LogP contribution in [0.15, 0.2) is 54.6 Å². The Bertz CT molecular complexity index is 692. The second kappa shape index (κ2) is 5.71. The molecule has 126 valence electrons. The fourth-order valence-electron chi connectivity index (χ4n) is 2.85. The standard InChI is InChI=1S/C20H24BFO2/c1-18(2)19(3,4)24-21(23-18)17-13-11-16(12-14-17)20(5,22)15-9-7-6-8-10-15/h6-14H,1-5H3. The van der Waals surface area contributed by atoms with E-state index in [1.165, 1.54) is 0 Å². The molecule has 0 radical (unpaired) electrons. The Hall–Kier alpha value is -1.65. The molecule has 2 nitrogen and oxygen atoms in total. The number of hydrogen-bond acceptors (Lipinski definition) is 2. The van der Waals surface area contributed by atoms with E-state index in [0.29, 0.717) is 11.1 Å². The molecule has 2 aromatic rings. The van der Waals surface area contributed by atoms with Crippen LogP contribution >= 0.6 is 0 Å². The highest BCUT2D eigenvalue weighted by Crippen LogP contribution is 2.37. The molecule has 0 N–H and O–H groups in total. The van der Waals surface area contributed by atoms with Gasteiger partial charge in [0.05, 0.1) is 11.2 Å². The summed E-state index contributed by atoms with van der Waals surface area (Å²) in [6, 6.07) is 16.6. The van der Waals surface area contributed by atoms with Crippen molar-refractivity contribution in [1.29, 1.82) is 0 Å². The topological polar surface area (TPSA) is 18.5 Å². The van der Waals surface area contributed by atoms with Gasteiger partial charge in [-0.1, -0.05) is 54.6 Å². The molecule has 0 saturated carbocycles. The Morgan fingerprint density at radius 1 is 0.792 bits per heavy atom. The van der Waals surface area contributed by atoms with E-state index in [1.807, 2.05) is 82.3 Å². The predicted octanol–water partition coefficient (Wildman–Crippen LogP) is 4.22. The van der Waals surface area contributed by atoms with Crippen LogP contribution in [0.1, 0.15) is 45.7 Å². The summed E-state index contributed by atoms with van der Waals surface area (Å²) in [5, 5.41) is 0. The Labute approximate surface area is 144 Å². The first-order valence-electron chi connectivity index (χ1n) is 8.34. The number of alkyl halides is 1. The van der Waals surface area contributed by atoms with Crippen molar-refractivity contribution in [3.8, 4) is 0 Å². The molecule has 0 aliphatic carbocycles. The van der Waals surface area contributed by atoms with Gasteiger partial charge in [0.2, 0.25) is 0 Å². The van der Waals surface area contributed by atoms with Gasteiger partial charge in [0.1, 0.15) is 0 Å². The van der Waals surface area contributed by atoms with Crippen molar-refractivity contribution in [3.63, 3.8) is 0 Å². The fraction of sp³-hybridized carbons (Fsp3) is 0.400. The van der Waals surface area contributed by atoms with Crippen molar-refractivity contribution in [2.45, 2.75) is 51.5 Å². The Morgan fingerprint density at radius 3 is 1.75 bits per heavy atom. The van der Waals surface area contributed by atoms with Crippen molar-refractivity contribution >= 4 is 12.6 Å². The van der Waals surface area contributed by atoms with Crippen LogP contribution in [-0.4, -0.2) is 18.3 Å². The normalized spacial score (nSPS) is 21.5. The number of benzene rings is 2. The van der Waals surface area contributed by atoms with Crippen LogP contribution in [-0.2, 0) is 15.0 Å². The van der Waals surface area contributed by atoms with Gasteiger partial charge in [-0.15, -0.1) is 0 Å². The van der Waals surface area contributed by atoms with Gasteiger partial charge >= 0.3 is 7.12 Å². The summed E-state index contributed by atoms with van der Waals surface area (Å²) in [4.78, 5) is 0. The van der Waals surface area contributed by atoms with Crippen LogP contribution < -0.4 is 5.46 Å². The van der Waals surface area contributed by atoms with Crippen molar-refractivity contribution in [2.75, 3.05) is 0 Å². The first kappa shape index (κ1) is 17.2. The summed E-state index contributed by atoms with van der Waals surface area (Å²) < 4.78 is 27.3. The van der Waals surface area contributed by atoms with Crippen molar-refractivity contribution in [3.05, 3.63) is 65.7 Å². The largest absolute Gasteiger partial charge is 0.494 e. The van der Waals surface area contributed by atoms with Crippen LogP contribution in [0.2, 0.25) is 0 Å². The first-order valence-corrected chi connectivity index (χ1v) is 8.34. The number of rotatable bonds is 3. The zero-order valence-corrected chi connectivity index (χ0v) is 15.0. The highest BCUT2D eigenvalue weighted by atomic mass is 19.1. The molecule has 24 heavy (non-hydrogen) atoms. The molecule has 1 aliphatic rings. The summed E-state index contributed by atoms with van der Waals surface area (Å²) >= 11 is 0. The van der Waals surface area contributed by atoms with E-state index in [2.05, 4.69) is 0 Å². The molecule has 1 saturated heterocycles. The lowest BCUT2D eigenvalue weighted by molar-refractivity contribution is 0.00578. The third kappa shape index (κ3) is 2.89. The first-order chi connectivity index (χ1) is 11.1. The van der Waals surface area contributed by atoms with Gasteiger partial charge in [0.15, 0.2) is 5.67 Å². The molecule has 1 atom stereocenters. The Kier molecular flexibility index (Phi) is 4.09. The molecule has 2 aromatic carbocycles. The second-order valence-corrected chi connectivity index (χ2v) is 7.58. The quantitative estimate of drug-likeness (QED) is 0.787. The summed E-state index contributed by atoms with van der Waals surface area (Å²) in [7, 11) is -0.424. The van der Waals surface area contributed by atoms with Gasteiger partial charge in [-0.2, -0.15) is 0 Å². The molecule has 4 heteroatoms. The third-order valence-corrected chi connectivity index (χ3v) is 5.29. The molecule has 0 aromatic heterocycles. The maximum absolute atomic E-state index is 15.2. The average Bonchev–Trinajstić information content (AvgIpc) is 2.76. The lowest BCUT2D eigenvalue weighted by Gasteiger charge is -2.32. The summed E-state index contributed by atoms with van der Waals surface area (Å²) in [6.07, 6.45) is 0. The second-order valence-electron chi connectivity index (χ2n) is 7.58. The van der Waals surface area contributed by atoms with Gasteiger partial charge in [0.25, 0.3) is 0 Å². The minimum absolute atomic E-state index is 0.380. The van der Waals surface area contributed by atoms with E-state index in [1.54, 1.807) is 6.92 Å². The highest BCUT2D eigenvalue weighted by molar-refractivity contribution is 6.62. The smallest absolute Gasteiger partial charge is 0.399 e. The lowest BCUT2D eigenvalue weighted by atomic mass is 9.77. The highest BCUT2D eigenvalue weighted by Gasteiger charge is 2.51. The van der Waals surface area contributed by atoms with Crippen LogP contribution in [0.3, 0.4) is 0 Å². The van der Waals surface area contributed by atoms with Crippen LogP contribution in [0.25, 0.3) is 0 Å².